The fourth-order valence-corrected chi connectivity index (χ4v) is 3.35. The maximum atomic E-state index is 13.1. The minimum Gasteiger partial charge on any atom is -0.342 e. The van der Waals surface area contributed by atoms with Crippen molar-refractivity contribution < 1.29 is 4.79 Å². The van der Waals surface area contributed by atoms with E-state index < -0.39 is 0 Å². The van der Waals surface area contributed by atoms with Gasteiger partial charge >= 0.3 is 0 Å². The monoisotopic (exact) mass is 317 g/mol. The predicted molar refractivity (Wildman–Crippen MR) is 95.5 cm³/mol. The second-order valence-corrected chi connectivity index (χ2v) is 6.36. The number of hydrogen-bond donors (Lipinski definition) is 1. The largest absolute Gasteiger partial charge is 0.342 e. The summed E-state index contributed by atoms with van der Waals surface area (Å²) in [5, 5.41) is 3.47. The van der Waals surface area contributed by atoms with Gasteiger partial charge in [-0.2, -0.15) is 0 Å². The molecule has 0 spiro atoms. The molecule has 4 heteroatoms. The van der Waals surface area contributed by atoms with Gasteiger partial charge in [-0.1, -0.05) is 31.2 Å². The third-order valence-electron chi connectivity index (χ3n) is 4.78. The zero-order chi connectivity index (χ0) is 16.8. The van der Waals surface area contributed by atoms with Crippen molar-refractivity contribution in [2.24, 2.45) is 0 Å². The first kappa shape index (κ1) is 18.0. The number of benzene rings is 1. The molecule has 0 saturated carbocycles. The first-order chi connectivity index (χ1) is 11.1. The number of aryl methyl sites for hydroxylation is 1. The average Bonchev–Trinajstić information content (AvgIpc) is 2.57. The van der Waals surface area contributed by atoms with E-state index in [-0.39, 0.29) is 11.9 Å². The van der Waals surface area contributed by atoms with Crippen molar-refractivity contribution >= 4 is 5.91 Å². The molecule has 2 rings (SSSR count). The molecule has 1 amide bonds. The quantitative estimate of drug-likeness (QED) is 0.875. The van der Waals surface area contributed by atoms with Gasteiger partial charge in [-0.15, -0.1) is 0 Å². The predicted octanol–water partition coefficient (Wildman–Crippen LogP) is 2.45. The summed E-state index contributed by atoms with van der Waals surface area (Å²) in [5.41, 5.74) is 2.43. The molecule has 1 N–H and O–H groups in total. The maximum absolute atomic E-state index is 13.1. The Balaban J connectivity index is 2.31. The number of likely N-dealkylation sites (N-methyl/N-ethyl adjacent to an activating group) is 1. The Morgan fingerprint density at radius 3 is 2.43 bits per heavy atom. The highest BCUT2D eigenvalue weighted by Gasteiger charge is 2.32. The molecule has 2 atom stereocenters. The lowest BCUT2D eigenvalue weighted by Gasteiger charge is -2.39. The van der Waals surface area contributed by atoms with Gasteiger partial charge in [0.25, 0.3) is 0 Å². The molecule has 0 bridgehead atoms. The first-order valence-electron chi connectivity index (χ1n) is 8.95. The van der Waals surface area contributed by atoms with Gasteiger partial charge in [-0.05, 0) is 38.3 Å². The molecule has 0 aromatic heterocycles. The normalized spacial score (nSPS) is 20.3. The number of nitrogens with zero attached hydrogens (tertiary/aromatic N) is 2. The van der Waals surface area contributed by atoms with Crippen molar-refractivity contribution in [2.45, 2.75) is 46.2 Å². The lowest BCUT2D eigenvalue weighted by Crippen LogP contribution is -2.53. The van der Waals surface area contributed by atoms with E-state index >= 15 is 0 Å². The SMILES string of the molecule is CCc1ccc(C(C(=O)N(CC)CC)N2CCNC(C)C2)cc1. The van der Waals surface area contributed by atoms with E-state index in [4.69, 9.17) is 0 Å². The van der Waals surface area contributed by atoms with Gasteiger partial charge in [0, 0.05) is 38.8 Å². The lowest BCUT2D eigenvalue weighted by atomic mass is 9.99. The molecule has 2 unspecified atom stereocenters. The molecule has 0 radical (unpaired) electrons. The summed E-state index contributed by atoms with van der Waals surface area (Å²) in [6.45, 7) is 12.7. The zero-order valence-electron chi connectivity index (χ0n) is 15.0. The number of rotatable bonds is 6. The molecule has 1 fully saturated rings. The summed E-state index contributed by atoms with van der Waals surface area (Å²) in [7, 11) is 0. The van der Waals surface area contributed by atoms with Crippen LogP contribution in [0.5, 0.6) is 0 Å². The molecular formula is C19H31N3O. The highest BCUT2D eigenvalue weighted by atomic mass is 16.2. The first-order valence-corrected chi connectivity index (χ1v) is 8.95. The number of amides is 1. The van der Waals surface area contributed by atoms with Crippen molar-refractivity contribution in [1.82, 2.24) is 15.1 Å². The summed E-state index contributed by atoms with van der Waals surface area (Å²) >= 11 is 0. The van der Waals surface area contributed by atoms with Gasteiger partial charge in [0.15, 0.2) is 0 Å². The van der Waals surface area contributed by atoms with Crippen LogP contribution >= 0.6 is 0 Å². The fourth-order valence-electron chi connectivity index (χ4n) is 3.35. The Bertz CT molecular complexity index is 496. The van der Waals surface area contributed by atoms with E-state index in [0.717, 1.165) is 44.7 Å². The van der Waals surface area contributed by atoms with Gasteiger partial charge in [-0.25, -0.2) is 0 Å². The van der Waals surface area contributed by atoms with Crippen molar-refractivity contribution in [3.8, 4) is 0 Å². The summed E-state index contributed by atoms with van der Waals surface area (Å²) in [4.78, 5) is 17.4. The van der Waals surface area contributed by atoms with Crippen molar-refractivity contribution in [3.05, 3.63) is 35.4 Å². The van der Waals surface area contributed by atoms with E-state index in [1.165, 1.54) is 5.56 Å². The number of hydrogen-bond acceptors (Lipinski definition) is 3. The minimum absolute atomic E-state index is 0.162. The highest BCUT2D eigenvalue weighted by Crippen LogP contribution is 2.25. The van der Waals surface area contributed by atoms with Gasteiger partial charge in [-0.3, -0.25) is 9.69 Å². The van der Waals surface area contributed by atoms with E-state index in [0.29, 0.717) is 6.04 Å². The lowest BCUT2D eigenvalue weighted by molar-refractivity contribution is -0.137. The van der Waals surface area contributed by atoms with Gasteiger partial charge in [0.2, 0.25) is 5.91 Å². The second-order valence-electron chi connectivity index (χ2n) is 6.36. The Labute approximate surface area is 140 Å². The number of carbonyl (C=O) groups excluding carboxylic acids is 1. The molecular weight excluding hydrogens is 286 g/mol. The molecule has 4 nitrogen and oxygen atoms in total. The Morgan fingerprint density at radius 2 is 1.91 bits per heavy atom. The van der Waals surface area contributed by atoms with Crippen LogP contribution in [0.25, 0.3) is 0 Å². The molecule has 1 aliphatic heterocycles. The van der Waals surface area contributed by atoms with Crippen LogP contribution < -0.4 is 5.32 Å². The molecule has 128 valence electrons. The van der Waals surface area contributed by atoms with Crippen LogP contribution in [0.2, 0.25) is 0 Å². The molecule has 23 heavy (non-hydrogen) atoms. The van der Waals surface area contributed by atoms with Crippen LogP contribution in [-0.2, 0) is 11.2 Å². The van der Waals surface area contributed by atoms with Crippen molar-refractivity contribution in [2.75, 3.05) is 32.7 Å². The van der Waals surface area contributed by atoms with Crippen LogP contribution in [0.15, 0.2) is 24.3 Å². The van der Waals surface area contributed by atoms with Crippen molar-refractivity contribution in [3.63, 3.8) is 0 Å². The van der Waals surface area contributed by atoms with Crippen LogP contribution in [0.3, 0.4) is 0 Å². The van der Waals surface area contributed by atoms with Crippen LogP contribution in [0, 0.1) is 0 Å². The topological polar surface area (TPSA) is 35.6 Å². The van der Waals surface area contributed by atoms with Gasteiger partial charge < -0.3 is 10.2 Å². The third kappa shape index (κ3) is 4.33. The van der Waals surface area contributed by atoms with Gasteiger partial charge in [0.05, 0.1) is 0 Å². The smallest absolute Gasteiger partial charge is 0.244 e. The minimum atomic E-state index is -0.162. The maximum Gasteiger partial charge on any atom is 0.244 e. The van der Waals surface area contributed by atoms with Crippen LogP contribution in [-0.4, -0.2) is 54.5 Å². The standard InChI is InChI=1S/C19H31N3O/c1-5-16-8-10-17(11-9-16)18(19(23)21(6-2)7-3)22-13-12-20-15(4)14-22/h8-11,15,18,20H,5-7,12-14H2,1-4H3. The summed E-state index contributed by atoms with van der Waals surface area (Å²) in [6, 6.07) is 8.85. The summed E-state index contributed by atoms with van der Waals surface area (Å²) in [6.07, 6.45) is 1.03. The number of nitrogens with one attached hydrogen (secondary N) is 1. The molecule has 1 heterocycles. The van der Waals surface area contributed by atoms with E-state index in [1.54, 1.807) is 0 Å². The summed E-state index contributed by atoms with van der Waals surface area (Å²) < 4.78 is 0. The molecule has 1 saturated heterocycles. The highest BCUT2D eigenvalue weighted by molar-refractivity contribution is 5.83. The number of piperazine rings is 1. The van der Waals surface area contributed by atoms with E-state index in [1.807, 2.05) is 4.90 Å². The number of carbonyl (C=O) groups is 1. The van der Waals surface area contributed by atoms with E-state index in [9.17, 15) is 4.79 Å². The second kappa shape index (κ2) is 8.46. The fraction of sp³-hybridized carbons (Fsp3) is 0.632. The summed E-state index contributed by atoms with van der Waals surface area (Å²) in [5.74, 6) is 0.230. The molecule has 0 aliphatic carbocycles. The van der Waals surface area contributed by atoms with E-state index in [2.05, 4.69) is 62.2 Å². The Kier molecular flexibility index (Phi) is 6.60. The third-order valence-corrected chi connectivity index (χ3v) is 4.78. The van der Waals surface area contributed by atoms with Crippen LogP contribution in [0.1, 0.15) is 44.9 Å². The van der Waals surface area contributed by atoms with Crippen LogP contribution in [0.4, 0.5) is 0 Å². The van der Waals surface area contributed by atoms with Gasteiger partial charge in [0.1, 0.15) is 6.04 Å². The van der Waals surface area contributed by atoms with Crippen molar-refractivity contribution in [1.29, 1.82) is 0 Å². The molecule has 1 aliphatic rings. The Hall–Kier alpha value is -1.39. The molecule has 1 aromatic carbocycles. The zero-order valence-corrected chi connectivity index (χ0v) is 15.0. The average molecular weight is 317 g/mol. The Morgan fingerprint density at radius 1 is 1.26 bits per heavy atom. The molecule has 1 aromatic rings.